The molecule has 0 saturated heterocycles. The second-order valence-electron chi connectivity index (χ2n) is 6.44. The topological polar surface area (TPSA) is 62.4 Å². The van der Waals surface area contributed by atoms with Crippen LogP contribution in [-0.4, -0.2) is 39.1 Å². The minimum Gasteiger partial charge on any atom is -0.378 e. The van der Waals surface area contributed by atoms with E-state index >= 15 is 0 Å². The van der Waals surface area contributed by atoms with Crippen molar-refractivity contribution < 1.29 is 36.0 Å². The third-order valence-corrected chi connectivity index (χ3v) is 4.18. The van der Waals surface area contributed by atoms with E-state index in [4.69, 9.17) is 0 Å². The summed E-state index contributed by atoms with van der Waals surface area (Å²) in [5.74, 6) is -2.15. The van der Waals surface area contributed by atoms with Crippen LogP contribution in [0, 0.1) is 5.92 Å². The number of benzene rings is 1. The van der Waals surface area contributed by atoms with E-state index in [1.54, 1.807) is 13.8 Å². The highest BCUT2D eigenvalue weighted by molar-refractivity contribution is 5.54. The zero-order chi connectivity index (χ0) is 21.1. The van der Waals surface area contributed by atoms with Crippen molar-refractivity contribution in [3.63, 3.8) is 0 Å². The lowest BCUT2D eigenvalue weighted by molar-refractivity contribution is -0.174. The molecule has 0 radical (unpaired) electrons. The average Bonchev–Trinajstić information content (AvgIpc) is 3.10. The maximum atomic E-state index is 12.8. The van der Waals surface area contributed by atoms with E-state index in [1.807, 2.05) is 0 Å². The van der Waals surface area contributed by atoms with Crippen molar-refractivity contribution in [2.24, 2.45) is 5.92 Å². The molecular formula is C17H19F6N3O2. The van der Waals surface area contributed by atoms with Crippen molar-refractivity contribution in [3.8, 4) is 11.4 Å². The molecule has 1 aromatic heterocycles. The van der Waals surface area contributed by atoms with E-state index in [0.717, 1.165) is 4.90 Å². The molecule has 1 heterocycles. The Morgan fingerprint density at radius 2 is 1.71 bits per heavy atom. The number of aromatic nitrogens is 2. The van der Waals surface area contributed by atoms with Crippen molar-refractivity contribution in [3.05, 3.63) is 35.7 Å². The first-order valence-corrected chi connectivity index (χ1v) is 8.39. The van der Waals surface area contributed by atoms with Gasteiger partial charge in [-0.05, 0) is 17.9 Å². The molecular weight excluding hydrogens is 392 g/mol. The van der Waals surface area contributed by atoms with Crippen molar-refractivity contribution in [2.75, 3.05) is 6.54 Å². The Kier molecular flexibility index (Phi) is 6.71. The average molecular weight is 411 g/mol. The van der Waals surface area contributed by atoms with Crippen LogP contribution >= 0.6 is 0 Å². The van der Waals surface area contributed by atoms with Gasteiger partial charge in [0.2, 0.25) is 5.82 Å². The summed E-state index contributed by atoms with van der Waals surface area (Å²) in [5, 5.41) is 13.4. The van der Waals surface area contributed by atoms with Crippen LogP contribution in [0.4, 0.5) is 26.3 Å². The van der Waals surface area contributed by atoms with Crippen molar-refractivity contribution >= 4 is 0 Å². The molecule has 2 rings (SSSR count). The molecule has 5 nitrogen and oxygen atoms in total. The van der Waals surface area contributed by atoms with Crippen LogP contribution in [0.15, 0.2) is 28.8 Å². The number of hydrogen-bond donors (Lipinski definition) is 1. The number of alkyl halides is 6. The largest absolute Gasteiger partial charge is 0.471 e. The Hall–Kier alpha value is -2.14. The van der Waals surface area contributed by atoms with Crippen molar-refractivity contribution in [1.29, 1.82) is 0 Å². The predicted molar refractivity (Wildman–Crippen MR) is 86.7 cm³/mol. The molecule has 0 saturated carbocycles. The summed E-state index contributed by atoms with van der Waals surface area (Å²) in [6, 6.07) is 5.63. The SMILES string of the molecule is CCC(C)C(O)N(Cc1ccc(-c2noc(C(F)(F)F)n2)cc1)CC(F)(F)F. The van der Waals surface area contributed by atoms with Gasteiger partial charge in [0.25, 0.3) is 0 Å². The van der Waals surface area contributed by atoms with E-state index in [9.17, 15) is 31.4 Å². The molecule has 0 spiro atoms. The standard InChI is InChI=1S/C17H19F6N3O2/c1-3-10(2)14(27)26(9-16(18,19)20)8-11-4-6-12(7-5-11)13-24-15(28-25-13)17(21,22)23/h4-7,10,14,27H,3,8-9H2,1-2H3. The summed E-state index contributed by atoms with van der Waals surface area (Å²) in [5.41, 5.74) is 0.655. The van der Waals surface area contributed by atoms with Gasteiger partial charge in [-0.1, -0.05) is 43.3 Å². The monoisotopic (exact) mass is 411 g/mol. The smallest absolute Gasteiger partial charge is 0.378 e. The van der Waals surface area contributed by atoms with Crippen LogP contribution in [-0.2, 0) is 12.7 Å². The summed E-state index contributed by atoms with van der Waals surface area (Å²) < 4.78 is 80.2. The van der Waals surface area contributed by atoms with Gasteiger partial charge in [-0.2, -0.15) is 31.3 Å². The molecule has 2 atom stereocenters. The third-order valence-electron chi connectivity index (χ3n) is 4.18. The molecule has 1 aromatic carbocycles. The van der Waals surface area contributed by atoms with E-state index in [1.165, 1.54) is 24.3 Å². The van der Waals surface area contributed by atoms with Crippen molar-refractivity contribution in [1.82, 2.24) is 15.0 Å². The van der Waals surface area contributed by atoms with E-state index in [-0.39, 0.29) is 23.9 Å². The van der Waals surface area contributed by atoms with Crippen LogP contribution in [0.2, 0.25) is 0 Å². The summed E-state index contributed by atoms with van der Waals surface area (Å²) in [6.07, 6.45) is -10.1. The van der Waals surface area contributed by atoms with Gasteiger partial charge >= 0.3 is 18.2 Å². The summed E-state index contributed by atoms with van der Waals surface area (Å²) >= 11 is 0. The van der Waals surface area contributed by atoms with Gasteiger partial charge in [0, 0.05) is 12.1 Å². The Morgan fingerprint density at radius 3 is 2.18 bits per heavy atom. The zero-order valence-electron chi connectivity index (χ0n) is 15.1. The van der Waals surface area contributed by atoms with Crippen LogP contribution < -0.4 is 0 Å². The van der Waals surface area contributed by atoms with Gasteiger partial charge in [0.1, 0.15) is 6.23 Å². The van der Waals surface area contributed by atoms with Crippen LogP contribution in [0.3, 0.4) is 0 Å². The molecule has 28 heavy (non-hydrogen) atoms. The molecule has 156 valence electrons. The minimum absolute atomic E-state index is 0.189. The van der Waals surface area contributed by atoms with Gasteiger partial charge in [0.05, 0.1) is 6.54 Å². The molecule has 0 bridgehead atoms. The first-order chi connectivity index (χ1) is 12.9. The molecule has 2 aromatic rings. The Labute approximate surface area is 157 Å². The Morgan fingerprint density at radius 1 is 1.11 bits per heavy atom. The van der Waals surface area contributed by atoms with Gasteiger partial charge in [-0.25, -0.2) is 0 Å². The molecule has 0 aliphatic carbocycles. The molecule has 11 heteroatoms. The Bertz CT molecular complexity index is 757. The molecule has 0 amide bonds. The highest BCUT2D eigenvalue weighted by atomic mass is 19.4. The zero-order valence-corrected chi connectivity index (χ0v) is 15.1. The van der Waals surface area contributed by atoms with Crippen LogP contribution in [0.25, 0.3) is 11.4 Å². The van der Waals surface area contributed by atoms with Gasteiger partial charge in [-0.15, -0.1) is 0 Å². The first-order valence-electron chi connectivity index (χ1n) is 8.39. The van der Waals surface area contributed by atoms with E-state index < -0.39 is 31.0 Å². The molecule has 0 aliphatic heterocycles. The number of aliphatic hydroxyl groups is 1. The highest BCUT2D eigenvalue weighted by Gasteiger charge is 2.38. The second kappa shape index (κ2) is 8.48. The number of hydrogen-bond acceptors (Lipinski definition) is 5. The first kappa shape index (κ1) is 22.2. The fraction of sp³-hybridized carbons (Fsp3) is 0.529. The molecule has 0 aliphatic rings. The number of aliphatic hydroxyl groups excluding tert-OH is 1. The highest BCUT2D eigenvalue weighted by Crippen LogP contribution is 2.29. The lowest BCUT2D eigenvalue weighted by atomic mass is 10.1. The fourth-order valence-corrected chi connectivity index (χ4v) is 2.49. The summed E-state index contributed by atoms with van der Waals surface area (Å²) in [4.78, 5) is 4.15. The number of halogens is 6. The third kappa shape index (κ3) is 5.93. The van der Waals surface area contributed by atoms with Crippen molar-refractivity contribution in [2.45, 2.75) is 45.4 Å². The predicted octanol–water partition coefficient (Wildman–Crippen LogP) is 4.48. The molecule has 2 unspecified atom stereocenters. The maximum absolute atomic E-state index is 12.8. The Balaban J connectivity index is 2.17. The van der Waals surface area contributed by atoms with Gasteiger partial charge in [-0.3, -0.25) is 4.90 Å². The van der Waals surface area contributed by atoms with E-state index in [2.05, 4.69) is 14.7 Å². The summed E-state index contributed by atoms with van der Waals surface area (Å²) in [6.45, 7) is 1.92. The quantitative estimate of drug-likeness (QED) is 0.538. The van der Waals surface area contributed by atoms with Gasteiger partial charge < -0.3 is 9.63 Å². The maximum Gasteiger partial charge on any atom is 0.471 e. The van der Waals surface area contributed by atoms with E-state index in [0.29, 0.717) is 12.0 Å². The number of nitrogens with zero attached hydrogens (tertiary/aromatic N) is 3. The normalized spacial score (nSPS) is 15.1. The molecule has 0 fully saturated rings. The lowest BCUT2D eigenvalue weighted by Gasteiger charge is -2.32. The minimum atomic E-state index is -4.77. The van der Waals surface area contributed by atoms with Crippen LogP contribution in [0.5, 0.6) is 0 Å². The van der Waals surface area contributed by atoms with Crippen LogP contribution in [0.1, 0.15) is 31.7 Å². The summed E-state index contributed by atoms with van der Waals surface area (Å²) in [7, 11) is 0. The molecule has 1 N–H and O–H groups in total. The lowest BCUT2D eigenvalue weighted by Crippen LogP contribution is -2.44. The second-order valence-corrected chi connectivity index (χ2v) is 6.44. The van der Waals surface area contributed by atoms with Gasteiger partial charge in [0.15, 0.2) is 0 Å². The fourth-order valence-electron chi connectivity index (χ4n) is 2.49. The number of rotatable bonds is 7.